The van der Waals surface area contributed by atoms with Gasteiger partial charge in [0, 0.05) is 31.9 Å². The number of benzene rings is 1. The molecule has 1 atom stereocenters. The van der Waals surface area contributed by atoms with E-state index in [1.165, 1.54) is 39.8 Å². The zero-order valence-corrected chi connectivity index (χ0v) is 13.5. The topological polar surface area (TPSA) is 97.4 Å². The van der Waals surface area contributed by atoms with Gasteiger partial charge in [0.05, 0.1) is 11.6 Å². The predicted octanol–water partition coefficient (Wildman–Crippen LogP) is 1.25. The van der Waals surface area contributed by atoms with Crippen LogP contribution in [-0.4, -0.2) is 28.8 Å². The molecule has 1 aromatic heterocycles. The largest absolute Gasteiger partial charge is 0.364 e. The van der Waals surface area contributed by atoms with Crippen molar-refractivity contribution in [3.63, 3.8) is 0 Å². The molecule has 2 aromatic rings. The number of carbonyl (C=O) groups excluding carboxylic acids is 3. The maximum absolute atomic E-state index is 13.0. The van der Waals surface area contributed by atoms with Crippen LogP contribution in [0.25, 0.3) is 0 Å². The standard InChI is InChI=1S/C17H17FN4O3/c1-21-9-12(7-14(21)16(19)24)20-17(25)10-6-15(23)22(8-10)13-4-2-11(18)3-5-13/h2-5,7,9-10H,6,8H2,1H3,(H2,19,24)(H,20,25). The van der Waals surface area contributed by atoms with Crippen molar-refractivity contribution in [2.24, 2.45) is 18.7 Å². The Morgan fingerprint density at radius 1 is 1.28 bits per heavy atom. The maximum Gasteiger partial charge on any atom is 0.265 e. The third-order valence-electron chi connectivity index (χ3n) is 4.16. The summed E-state index contributed by atoms with van der Waals surface area (Å²) in [6, 6.07) is 7.03. The van der Waals surface area contributed by atoms with Gasteiger partial charge in [0.15, 0.2) is 0 Å². The molecule has 2 heterocycles. The molecular weight excluding hydrogens is 327 g/mol. The highest BCUT2D eigenvalue weighted by molar-refractivity contribution is 6.04. The number of nitrogens with one attached hydrogen (secondary N) is 1. The third kappa shape index (κ3) is 3.37. The lowest BCUT2D eigenvalue weighted by Gasteiger charge is -2.16. The second-order valence-electron chi connectivity index (χ2n) is 5.96. The van der Waals surface area contributed by atoms with E-state index in [2.05, 4.69) is 5.32 Å². The van der Waals surface area contributed by atoms with Crippen LogP contribution in [0.15, 0.2) is 36.5 Å². The van der Waals surface area contributed by atoms with Crippen molar-refractivity contribution < 1.29 is 18.8 Å². The van der Waals surface area contributed by atoms with Crippen LogP contribution < -0.4 is 16.0 Å². The zero-order valence-electron chi connectivity index (χ0n) is 13.5. The number of nitrogens with zero attached hydrogens (tertiary/aromatic N) is 2. The van der Waals surface area contributed by atoms with E-state index in [4.69, 9.17) is 5.73 Å². The summed E-state index contributed by atoms with van der Waals surface area (Å²) in [4.78, 5) is 37.3. The van der Waals surface area contributed by atoms with Crippen LogP contribution in [0.3, 0.4) is 0 Å². The molecule has 1 saturated heterocycles. The van der Waals surface area contributed by atoms with Gasteiger partial charge < -0.3 is 20.5 Å². The summed E-state index contributed by atoms with van der Waals surface area (Å²) in [7, 11) is 1.64. The van der Waals surface area contributed by atoms with Crippen LogP contribution in [-0.2, 0) is 16.6 Å². The van der Waals surface area contributed by atoms with E-state index >= 15 is 0 Å². The number of aryl methyl sites for hydroxylation is 1. The van der Waals surface area contributed by atoms with Gasteiger partial charge in [-0.2, -0.15) is 0 Å². The first kappa shape index (κ1) is 16.7. The number of nitrogens with two attached hydrogens (primary N) is 1. The number of primary amides is 1. The molecule has 1 unspecified atom stereocenters. The molecule has 3 N–H and O–H groups in total. The van der Waals surface area contributed by atoms with Crippen molar-refractivity contribution in [1.29, 1.82) is 0 Å². The van der Waals surface area contributed by atoms with Gasteiger partial charge in [0.2, 0.25) is 11.8 Å². The highest BCUT2D eigenvalue weighted by atomic mass is 19.1. The van der Waals surface area contributed by atoms with E-state index in [-0.39, 0.29) is 36.3 Å². The molecule has 1 fully saturated rings. The predicted molar refractivity (Wildman–Crippen MR) is 89.4 cm³/mol. The number of anilines is 2. The summed E-state index contributed by atoms with van der Waals surface area (Å²) in [6.07, 6.45) is 1.64. The molecule has 0 radical (unpaired) electrons. The van der Waals surface area contributed by atoms with Crippen molar-refractivity contribution in [3.8, 4) is 0 Å². The van der Waals surface area contributed by atoms with Gasteiger partial charge >= 0.3 is 0 Å². The molecule has 1 aliphatic rings. The Kier molecular flexibility index (Phi) is 4.26. The molecule has 0 bridgehead atoms. The quantitative estimate of drug-likeness (QED) is 0.873. The van der Waals surface area contributed by atoms with Gasteiger partial charge in [0.25, 0.3) is 5.91 Å². The lowest BCUT2D eigenvalue weighted by molar-refractivity contribution is -0.122. The normalized spacial score (nSPS) is 17.0. The molecule has 1 aliphatic heterocycles. The first-order valence-corrected chi connectivity index (χ1v) is 7.68. The number of aromatic nitrogens is 1. The van der Waals surface area contributed by atoms with Gasteiger partial charge in [0.1, 0.15) is 11.5 Å². The monoisotopic (exact) mass is 344 g/mol. The summed E-state index contributed by atoms with van der Waals surface area (Å²) in [5.41, 5.74) is 6.50. The van der Waals surface area contributed by atoms with Crippen LogP contribution in [0, 0.1) is 11.7 Å². The number of halogens is 1. The SMILES string of the molecule is Cn1cc(NC(=O)C2CC(=O)N(c3ccc(F)cc3)C2)cc1C(N)=O. The van der Waals surface area contributed by atoms with E-state index in [9.17, 15) is 18.8 Å². The Morgan fingerprint density at radius 2 is 1.96 bits per heavy atom. The summed E-state index contributed by atoms with van der Waals surface area (Å²) in [5, 5.41) is 2.70. The average molecular weight is 344 g/mol. The molecule has 7 nitrogen and oxygen atoms in total. The Labute approximate surface area is 143 Å². The van der Waals surface area contributed by atoms with Crippen LogP contribution in [0.5, 0.6) is 0 Å². The molecule has 0 saturated carbocycles. The Bertz CT molecular complexity index is 844. The Balaban J connectivity index is 1.69. The van der Waals surface area contributed by atoms with E-state index in [0.29, 0.717) is 11.4 Å². The minimum atomic E-state index is -0.596. The minimum absolute atomic E-state index is 0.0682. The number of carbonyl (C=O) groups is 3. The van der Waals surface area contributed by atoms with E-state index in [1.807, 2.05) is 0 Å². The van der Waals surface area contributed by atoms with Gasteiger partial charge in [-0.3, -0.25) is 14.4 Å². The Morgan fingerprint density at radius 3 is 2.56 bits per heavy atom. The lowest BCUT2D eigenvalue weighted by Crippen LogP contribution is -2.28. The molecule has 25 heavy (non-hydrogen) atoms. The minimum Gasteiger partial charge on any atom is -0.364 e. The summed E-state index contributed by atoms with van der Waals surface area (Å²) < 4.78 is 14.5. The third-order valence-corrected chi connectivity index (χ3v) is 4.16. The molecule has 3 rings (SSSR count). The highest BCUT2D eigenvalue weighted by Gasteiger charge is 2.35. The molecule has 3 amide bonds. The van der Waals surface area contributed by atoms with E-state index in [1.54, 1.807) is 13.2 Å². The van der Waals surface area contributed by atoms with Gasteiger partial charge in [-0.25, -0.2) is 4.39 Å². The number of amides is 3. The van der Waals surface area contributed by atoms with Crippen molar-refractivity contribution in [3.05, 3.63) is 48.0 Å². The van der Waals surface area contributed by atoms with Crippen LogP contribution in [0.2, 0.25) is 0 Å². The maximum atomic E-state index is 13.0. The molecule has 8 heteroatoms. The lowest BCUT2D eigenvalue weighted by atomic mass is 10.1. The summed E-state index contributed by atoms with van der Waals surface area (Å²) in [5.74, 6) is -2.03. The second kappa shape index (κ2) is 6.39. The van der Waals surface area contributed by atoms with Gasteiger partial charge in [-0.15, -0.1) is 0 Å². The number of hydrogen-bond acceptors (Lipinski definition) is 3. The number of hydrogen-bond donors (Lipinski definition) is 2. The first-order chi connectivity index (χ1) is 11.8. The molecule has 0 spiro atoms. The second-order valence-corrected chi connectivity index (χ2v) is 5.96. The molecule has 130 valence electrons. The average Bonchev–Trinajstić information content (AvgIpc) is 3.11. The van der Waals surface area contributed by atoms with Crippen LogP contribution in [0.4, 0.5) is 15.8 Å². The van der Waals surface area contributed by atoms with E-state index < -0.39 is 11.8 Å². The number of rotatable bonds is 4. The zero-order chi connectivity index (χ0) is 18.1. The molecule has 1 aromatic carbocycles. The van der Waals surface area contributed by atoms with Crippen molar-refractivity contribution in [2.75, 3.05) is 16.8 Å². The van der Waals surface area contributed by atoms with Crippen molar-refractivity contribution in [2.45, 2.75) is 6.42 Å². The smallest absolute Gasteiger partial charge is 0.265 e. The highest BCUT2D eigenvalue weighted by Crippen LogP contribution is 2.26. The Hall–Kier alpha value is -3.16. The van der Waals surface area contributed by atoms with Gasteiger partial charge in [-0.1, -0.05) is 0 Å². The fourth-order valence-electron chi connectivity index (χ4n) is 2.88. The summed E-state index contributed by atoms with van der Waals surface area (Å²) in [6.45, 7) is 0.214. The van der Waals surface area contributed by atoms with E-state index in [0.717, 1.165) is 0 Å². The van der Waals surface area contributed by atoms with Crippen molar-refractivity contribution in [1.82, 2.24) is 4.57 Å². The van der Waals surface area contributed by atoms with Gasteiger partial charge in [-0.05, 0) is 30.3 Å². The fraction of sp³-hybridized carbons (Fsp3) is 0.235. The first-order valence-electron chi connectivity index (χ1n) is 7.68. The molecule has 0 aliphatic carbocycles. The fourth-order valence-corrected chi connectivity index (χ4v) is 2.88. The van der Waals surface area contributed by atoms with Crippen molar-refractivity contribution >= 4 is 29.1 Å². The molecular formula is C17H17FN4O3. The summed E-state index contributed by atoms with van der Waals surface area (Å²) >= 11 is 0. The van der Waals surface area contributed by atoms with Crippen LogP contribution >= 0.6 is 0 Å². The van der Waals surface area contributed by atoms with Crippen LogP contribution in [0.1, 0.15) is 16.9 Å².